The quantitative estimate of drug-likeness (QED) is 0.793. The van der Waals surface area contributed by atoms with Crippen molar-refractivity contribution in [3.05, 3.63) is 35.9 Å². The molecule has 1 saturated heterocycles. The first-order valence-corrected chi connectivity index (χ1v) is 7.75. The number of hydrogen-bond acceptors (Lipinski definition) is 3. The van der Waals surface area contributed by atoms with Crippen molar-refractivity contribution < 1.29 is 14.7 Å². The summed E-state index contributed by atoms with van der Waals surface area (Å²) in [5.41, 5.74) is 0.563. The van der Waals surface area contributed by atoms with Gasteiger partial charge in [0.05, 0.1) is 0 Å². The summed E-state index contributed by atoms with van der Waals surface area (Å²) in [7, 11) is 0. The molecule has 6 heteroatoms. The molecule has 2 amide bonds. The van der Waals surface area contributed by atoms with Crippen LogP contribution >= 0.6 is 11.8 Å². The van der Waals surface area contributed by atoms with Crippen LogP contribution in [-0.4, -0.2) is 34.7 Å². The zero-order valence-corrected chi connectivity index (χ0v) is 11.9. The number of hydrogen-bond donors (Lipinski definition) is 3. The SMILES string of the molecule is O=C(NC1CCCSC1)N[C@H](C(=O)O)c1ccccc1. The molecule has 2 atom stereocenters. The number of urea groups is 1. The summed E-state index contributed by atoms with van der Waals surface area (Å²) in [6.45, 7) is 0. The predicted octanol–water partition coefficient (Wildman–Crippen LogP) is 2.01. The normalized spacial score (nSPS) is 19.9. The van der Waals surface area contributed by atoms with Gasteiger partial charge < -0.3 is 15.7 Å². The third kappa shape index (κ3) is 4.16. The molecule has 0 bridgehead atoms. The molecule has 1 aromatic rings. The molecule has 0 aromatic heterocycles. The topological polar surface area (TPSA) is 78.4 Å². The van der Waals surface area contributed by atoms with E-state index in [2.05, 4.69) is 10.6 Å². The van der Waals surface area contributed by atoms with E-state index in [1.165, 1.54) is 0 Å². The van der Waals surface area contributed by atoms with Crippen LogP contribution in [-0.2, 0) is 4.79 Å². The summed E-state index contributed by atoms with van der Waals surface area (Å²) < 4.78 is 0. The van der Waals surface area contributed by atoms with Crippen LogP contribution in [0.4, 0.5) is 4.79 Å². The second-order valence-corrected chi connectivity index (χ2v) is 5.86. The molecule has 2 rings (SSSR count). The molecule has 5 nitrogen and oxygen atoms in total. The average Bonchev–Trinajstić information content (AvgIpc) is 2.46. The lowest BCUT2D eigenvalue weighted by atomic mass is 10.1. The number of carbonyl (C=O) groups excluding carboxylic acids is 1. The van der Waals surface area contributed by atoms with Gasteiger partial charge in [0.2, 0.25) is 0 Å². The van der Waals surface area contributed by atoms with E-state index in [4.69, 9.17) is 0 Å². The number of rotatable bonds is 4. The van der Waals surface area contributed by atoms with Crippen molar-refractivity contribution in [2.24, 2.45) is 0 Å². The van der Waals surface area contributed by atoms with Gasteiger partial charge in [-0.1, -0.05) is 30.3 Å². The molecule has 0 aliphatic carbocycles. The minimum atomic E-state index is -1.07. The van der Waals surface area contributed by atoms with E-state index in [9.17, 15) is 14.7 Å². The molecule has 3 N–H and O–H groups in total. The van der Waals surface area contributed by atoms with Crippen molar-refractivity contribution in [1.29, 1.82) is 0 Å². The molecule has 1 heterocycles. The summed E-state index contributed by atoms with van der Waals surface area (Å²) in [4.78, 5) is 23.2. The van der Waals surface area contributed by atoms with Crippen LogP contribution in [0.25, 0.3) is 0 Å². The molecule has 108 valence electrons. The van der Waals surface area contributed by atoms with Crippen molar-refractivity contribution in [1.82, 2.24) is 10.6 Å². The molecule has 1 aliphatic rings. The Labute approximate surface area is 122 Å². The van der Waals surface area contributed by atoms with E-state index in [0.717, 1.165) is 24.3 Å². The number of carboxylic acids is 1. The first kappa shape index (κ1) is 14.7. The van der Waals surface area contributed by atoms with Crippen LogP contribution in [0.15, 0.2) is 30.3 Å². The van der Waals surface area contributed by atoms with E-state index in [1.807, 2.05) is 17.8 Å². The van der Waals surface area contributed by atoms with Crippen LogP contribution in [0.2, 0.25) is 0 Å². The number of thioether (sulfide) groups is 1. The fourth-order valence-corrected chi connectivity index (χ4v) is 3.22. The summed E-state index contributed by atoms with van der Waals surface area (Å²) in [6, 6.07) is 7.37. The van der Waals surface area contributed by atoms with Crippen LogP contribution in [0, 0.1) is 0 Å². The van der Waals surface area contributed by atoms with Crippen molar-refractivity contribution in [3.8, 4) is 0 Å². The Morgan fingerprint density at radius 2 is 2.05 bits per heavy atom. The summed E-state index contributed by atoms with van der Waals surface area (Å²) in [5.74, 6) is 0.947. The maximum Gasteiger partial charge on any atom is 0.330 e. The summed E-state index contributed by atoms with van der Waals surface area (Å²) >= 11 is 1.81. The summed E-state index contributed by atoms with van der Waals surface area (Å²) in [6.07, 6.45) is 2.03. The first-order chi connectivity index (χ1) is 9.66. The Bertz CT molecular complexity index is 461. The molecule has 0 spiro atoms. The zero-order chi connectivity index (χ0) is 14.4. The highest BCUT2D eigenvalue weighted by Crippen LogP contribution is 2.17. The Morgan fingerprint density at radius 1 is 1.30 bits per heavy atom. The van der Waals surface area contributed by atoms with E-state index in [-0.39, 0.29) is 6.04 Å². The minimum Gasteiger partial charge on any atom is -0.479 e. The van der Waals surface area contributed by atoms with E-state index in [1.54, 1.807) is 24.3 Å². The Morgan fingerprint density at radius 3 is 2.65 bits per heavy atom. The highest BCUT2D eigenvalue weighted by Gasteiger charge is 2.23. The molecule has 1 unspecified atom stereocenters. The molecule has 0 saturated carbocycles. The van der Waals surface area contributed by atoms with Crippen molar-refractivity contribution in [2.75, 3.05) is 11.5 Å². The van der Waals surface area contributed by atoms with Crippen LogP contribution in [0.3, 0.4) is 0 Å². The van der Waals surface area contributed by atoms with Gasteiger partial charge in [-0.25, -0.2) is 9.59 Å². The monoisotopic (exact) mass is 294 g/mol. The number of carbonyl (C=O) groups is 2. The lowest BCUT2D eigenvalue weighted by Crippen LogP contribution is -2.46. The van der Waals surface area contributed by atoms with Crippen LogP contribution in [0.1, 0.15) is 24.4 Å². The van der Waals surface area contributed by atoms with Gasteiger partial charge in [-0.2, -0.15) is 11.8 Å². The Balaban J connectivity index is 1.94. The lowest BCUT2D eigenvalue weighted by molar-refractivity contribution is -0.139. The molecular formula is C14H18N2O3S. The average molecular weight is 294 g/mol. The van der Waals surface area contributed by atoms with Gasteiger partial charge in [0.1, 0.15) is 0 Å². The van der Waals surface area contributed by atoms with Gasteiger partial charge in [-0.3, -0.25) is 0 Å². The Hall–Kier alpha value is -1.69. The smallest absolute Gasteiger partial charge is 0.330 e. The molecular weight excluding hydrogens is 276 g/mol. The highest BCUT2D eigenvalue weighted by molar-refractivity contribution is 7.99. The van der Waals surface area contributed by atoms with Gasteiger partial charge in [0.25, 0.3) is 0 Å². The summed E-state index contributed by atoms with van der Waals surface area (Å²) in [5, 5.41) is 14.6. The number of aliphatic carboxylic acids is 1. The fraction of sp³-hybridized carbons (Fsp3) is 0.429. The van der Waals surface area contributed by atoms with Gasteiger partial charge in [-0.15, -0.1) is 0 Å². The number of benzene rings is 1. The lowest BCUT2D eigenvalue weighted by Gasteiger charge is -2.24. The first-order valence-electron chi connectivity index (χ1n) is 6.59. The predicted molar refractivity (Wildman–Crippen MR) is 78.8 cm³/mol. The van der Waals surface area contributed by atoms with E-state index >= 15 is 0 Å². The molecule has 1 fully saturated rings. The van der Waals surface area contributed by atoms with E-state index < -0.39 is 18.0 Å². The molecule has 0 radical (unpaired) electrons. The standard InChI is InChI=1S/C14H18N2O3S/c17-13(18)12(10-5-2-1-3-6-10)16-14(19)15-11-7-4-8-20-9-11/h1-3,5-6,11-12H,4,7-9H2,(H,17,18)(H2,15,16,19)/t11?,12-/m0/s1. The third-order valence-electron chi connectivity index (χ3n) is 3.15. The molecule has 1 aliphatic heterocycles. The third-order valence-corrected chi connectivity index (χ3v) is 4.37. The van der Waals surface area contributed by atoms with E-state index in [0.29, 0.717) is 5.56 Å². The molecule has 20 heavy (non-hydrogen) atoms. The maximum atomic E-state index is 11.9. The van der Waals surface area contributed by atoms with Crippen molar-refractivity contribution in [3.63, 3.8) is 0 Å². The Kier molecular flexibility index (Phi) is 5.29. The minimum absolute atomic E-state index is 0.124. The van der Waals surface area contributed by atoms with Crippen molar-refractivity contribution in [2.45, 2.75) is 24.9 Å². The van der Waals surface area contributed by atoms with Gasteiger partial charge in [0.15, 0.2) is 6.04 Å². The van der Waals surface area contributed by atoms with Gasteiger partial charge >= 0.3 is 12.0 Å². The number of amides is 2. The van der Waals surface area contributed by atoms with Crippen molar-refractivity contribution >= 4 is 23.8 Å². The zero-order valence-electron chi connectivity index (χ0n) is 11.0. The fourth-order valence-electron chi connectivity index (χ4n) is 2.15. The maximum absolute atomic E-state index is 11.9. The number of nitrogens with one attached hydrogen (secondary N) is 2. The second kappa shape index (κ2) is 7.19. The largest absolute Gasteiger partial charge is 0.479 e. The van der Waals surface area contributed by atoms with Gasteiger partial charge in [0, 0.05) is 11.8 Å². The highest BCUT2D eigenvalue weighted by atomic mass is 32.2. The number of carboxylic acid groups (broad SMARTS) is 1. The van der Waals surface area contributed by atoms with Crippen LogP contribution < -0.4 is 10.6 Å². The molecule has 1 aromatic carbocycles. The van der Waals surface area contributed by atoms with Gasteiger partial charge in [-0.05, 0) is 24.2 Å². The second-order valence-electron chi connectivity index (χ2n) is 4.71. The van der Waals surface area contributed by atoms with Crippen LogP contribution in [0.5, 0.6) is 0 Å².